The van der Waals surface area contributed by atoms with E-state index in [1.54, 1.807) is 36.4 Å². The molecular formula is C25H22FIN2O5. The number of nitrogens with zero attached hydrogens (tertiary/aromatic N) is 1. The summed E-state index contributed by atoms with van der Waals surface area (Å²) in [7, 11) is 0. The van der Waals surface area contributed by atoms with Crippen molar-refractivity contribution in [2.45, 2.75) is 20.0 Å². The highest BCUT2D eigenvalue weighted by Gasteiger charge is 2.13. The topological polar surface area (TPSA) is 97.2 Å². The molecule has 0 spiro atoms. The first-order chi connectivity index (χ1) is 16.4. The average molecular weight is 576 g/mol. The van der Waals surface area contributed by atoms with Gasteiger partial charge in [0.25, 0.3) is 0 Å². The lowest BCUT2D eigenvalue weighted by Gasteiger charge is -2.15. The number of rotatable bonds is 10. The molecular weight excluding hydrogens is 554 g/mol. The number of hydrogen-bond acceptors (Lipinski definition) is 5. The van der Waals surface area contributed by atoms with Crippen LogP contribution in [0.4, 0.5) is 4.39 Å². The summed E-state index contributed by atoms with van der Waals surface area (Å²) in [5.41, 5.74) is 4.73. The summed E-state index contributed by atoms with van der Waals surface area (Å²) in [4.78, 5) is 23.2. The van der Waals surface area contributed by atoms with Crippen molar-refractivity contribution < 1.29 is 28.6 Å². The van der Waals surface area contributed by atoms with Crippen LogP contribution < -0.4 is 14.9 Å². The quantitative estimate of drug-likeness (QED) is 0.206. The maximum atomic E-state index is 13.0. The summed E-state index contributed by atoms with van der Waals surface area (Å²) >= 11 is 2.12. The zero-order valence-electron chi connectivity index (χ0n) is 18.3. The Morgan fingerprint density at radius 2 is 1.85 bits per heavy atom. The normalized spacial score (nSPS) is 10.8. The van der Waals surface area contributed by atoms with Crippen molar-refractivity contribution >= 4 is 40.7 Å². The van der Waals surface area contributed by atoms with Gasteiger partial charge in [0.2, 0.25) is 5.91 Å². The van der Waals surface area contributed by atoms with Gasteiger partial charge in [-0.15, -0.1) is 0 Å². The molecule has 0 unspecified atom stereocenters. The van der Waals surface area contributed by atoms with E-state index < -0.39 is 5.97 Å². The number of carboxylic acids is 1. The van der Waals surface area contributed by atoms with Crippen LogP contribution in [0.1, 0.15) is 34.0 Å². The zero-order valence-corrected chi connectivity index (χ0v) is 20.4. The van der Waals surface area contributed by atoms with E-state index in [1.807, 2.05) is 13.0 Å². The van der Waals surface area contributed by atoms with E-state index in [4.69, 9.17) is 14.6 Å². The van der Waals surface area contributed by atoms with Crippen molar-refractivity contribution in [3.05, 3.63) is 92.3 Å². The van der Waals surface area contributed by atoms with E-state index in [1.165, 1.54) is 24.4 Å². The third-order valence-corrected chi connectivity index (χ3v) is 5.37. The minimum Gasteiger partial charge on any atom is -0.490 e. The molecule has 2 N–H and O–H groups in total. The number of benzene rings is 3. The van der Waals surface area contributed by atoms with E-state index in [2.05, 4.69) is 33.1 Å². The minimum atomic E-state index is -1.00. The summed E-state index contributed by atoms with van der Waals surface area (Å²) in [6.45, 7) is 2.43. The minimum absolute atomic E-state index is 0.0786. The maximum absolute atomic E-state index is 13.0. The van der Waals surface area contributed by atoms with Gasteiger partial charge in [0.1, 0.15) is 12.4 Å². The van der Waals surface area contributed by atoms with E-state index >= 15 is 0 Å². The number of hydrogen-bond donors (Lipinski definition) is 2. The molecule has 9 heteroatoms. The summed E-state index contributed by atoms with van der Waals surface area (Å²) in [5.74, 6) is -0.655. The van der Waals surface area contributed by atoms with Crippen LogP contribution >= 0.6 is 22.6 Å². The van der Waals surface area contributed by atoms with Crippen molar-refractivity contribution in [1.82, 2.24) is 5.43 Å². The number of aromatic carboxylic acids is 1. The third-order valence-electron chi connectivity index (χ3n) is 4.57. The molecule has 0 heterocycles. The summed E-state index contributed by atoms with van der Waals surface area (Å²) in [6.07, 6.45) is 1.57. The van der Waals surface area contributed by atoms with Gasteiger partial charge in [-0.2, -0.15) is 5.10 Å². The third kappa shape index (κ3) is 7.27. The maximum Gasteiger partial charge on any atom is 0.335 e. The lowest BCUT2D eigenvalue weighted by atomic mass is 10.1. The Morgan fingerprint density at radius 1 is 1.09 bits per heavy atom. The Kier molecular flexibility index (Phi) is 8.97. The van der Waals surface area contributed by atoms with Gasteiger partial charge in [-0.3, -0.25) is 4.79 Å². The molecule has 0 saturated carbocycles. The van der Waals surface area contributed by atoms with Crippen LogP contribution in [0.3, 0.4) is 0 Å². The Morgan fingerprint density at radius 3 is 2.56 bits per heavy atom. The molecule has 176 valence electrons. The average Bonchev–Trinajstić information content (AvgIpc) is 2.80. The molecule has 34 heavy (non-hydrogen) atoms. The Bertz CT molecular complexity index is 1200. The molecule has 0 aliphatic heterocycles. The van der Waals surface area contributed by atoms with Gasteiger partial charge in [-0.25, -0.2) is 14.6 Å². The second-order valence-electron chi connectivity index (χ2n) is 7.15. The molecule has 0 aliphatic carbocycles. The fourth-order valence-electron chi connectivity index (χ4n) is 3.02. The molecule has 0 saturated heterocycles. The van der Waals surface area contributed by atoms with Crippen molar-refractivity contribution in [3.63, 3.8) is 0 Å². The molecule has 0 aliphatic rings. The van der Waals surface area contributed by atoms with Crippen LogP contribution in [-0.4, -0.2) is 29.8 Å². The molecule has 3 rings (SSSR count). The fourth-order valence-corrected chi connectivity index (χ4v) is 3.80. The lowest BCUT2D eigenvalue weighted by Crippen LogP contribution is -2.19. The molecule has 1 amide bonds. The second-order valence-corrected chi connectivity index (χ2v) is 8.32. The smallest absolute Gasteiger partial charge is 0.335 e. The van der Waals surface area contributed by atoms with Crippen LogP contribution in [0.25, 0.3) is 0 Å². The van der Waals surface area contributed by atoms with Gasteiger partial charge >= 0.3 is 5.97 Å². The summed E-state index contributed by atoms with van der Waals surface area (Å²) < 4.78 is 25.4. The molecule has 3 aromatic rings. The number of carbonyl (C=O) groups is 2. The van der Waals surface area contributed by atoms with Crippen molar-refractivity contribution in [2.75, 3.05) is 6.61 Å². The Balaban J connectivity index is 1.67. The van der Waals surface area contributed by atoms with Gasteiger partial charge < -0.3 is 14.6 Å². The molecule has 0 atom stereocenters. The number of ether oxygens (including phenoxy) is 2. The number of halogens is 2. The first-order valence-electron chi connectivity index (χ1n) is 10.3. The monoisotopic (exact) mass is 576 g/mol. The number of hydrazone groups is 1. The Hall–Kier alpha value is -3.47. The lowest BCUT2D eigenvalue weighted by molar-refractivity contribution is -0.120. The Labute approximate surface area is 209 Å². The largest absolute Gasteiger partial charge is 0.490 e. The SMILES string of the molecule is CCOc1cc(/C=N/NC(=O)Cc2ccc(F)cc2)cc(I)c1OCc1cccc(C(=O)O)c1. The summed E-state index contributed by atoms with van der Waals surface area (Å²) in [5, 5.41) is 13.2. The molecule has 7 nitrogen and oxygen atoms in total. The van der Waals surface area contributed by atoms with E-state index in [9.17, 15) is 14.0 Å². The number of carboxylic acid groups (broad SMARTS) is 1. The van der Waals surface area contributed by atoms with Gasteiger partial charge in [0.15, 0.2) is 11.5 Å². The number of nitrogens with one attached hydrogen (secondary N) is 1. The standard InChI is InChI=1S/C25H22FIN2O5/c1-2-33-22-12-18(14-28-29-23(30)13-16-6-8-20(26)9-7-16)11-21(27)24(22)34-15-17-4-3-5-19(10-17)25(31)32/h3-12,14H,2,13,15H2,1H3,(H,29,30)(H,31,32)/b28-14+. The molecule has 0 aromatic heterocycles. The highest BCUT2D eigenvalue weighted by atomic mass is 127. The van der Waals surface area contributed by atoms with Crippen molar-refractivity contribution in [3.8, 4) is 11.5 Å². The van der Waals surface area contributed by atoms with Crippen LogP contribution in [-0.2, 0) is 17.8 Å². The second kappa shape index (κ2) is 12.1. The van der Waals surface area contributed by atoms with Crippen LogP contribution in [0, 0.1) is 9.39 Å². The zero-order chi connectivity index (χ0) is 24.5. The molecule has 0 bridgehead atoms. The van der Waals surface area contributed by atoms with Crippen LogP contribution in [0.5, 0.6) is 11.5 Å². The predicted molar refractivity (Wildman–Crippen MR) is 134 cm³/mol. The molecule has 0 radical (unpaired) electrons. The van der Waals surface area contributed by atoms with Crippen LogP contribution in [0.15, 0.2) is 65.8 Å². The van der Waals surface area contributed by atoms with Gasteiger partial charge in [-0.05, 0) is 82.6 Å². The molecule has 3 aromatic carbocycles. The summed E-state index contributed by atoms with van der Waals surface area (Å²) in [6, 6.07) is 15.8. The highest BCUT2D eigenvalue weighted by molar-refractivity contribution is 14.1. The van der Waals surface area contributed by atoms with Crippen molar-refractivity contribution in [1.29, 1.82) is 0 Å². The van der Waals surface area contributed by atoms with E-state index in [0.29, 0.717) is 34.8 Å². The first kappa shape index (κ1) is 25.2. The highest BCUT2D eigenvalue weighted by Crippen LogP contribution is 2.34. The van der Waals surface area contributed by atoms with Gasteiger partial charge in [0, 0.05) is 0 Å². The van der Waals surface area contributed by atoms with Crippen LogP contribution in [0.2, 0.25) is 0 Å². The predicted octanol–water partition coefficient (Wildman–Crippen LogP) is 4.80. The van der Waals surface area contributed by atoms with E-state index in [0.717, 1.165) is 3.57 Å². The number of carbonyl (C=O) groups excluding carboxylic acids is 1. The van der Waals surface area contributed by atoms with E-state index in [-0.39, 0.29) is 30.3 Å². The van der Waals surface area contributed by atoms with Gasteiger partial charge in [-0.1, -0.05) is 24.3 Å². The van der Waals surface area contributed by atoms with Crippen molar-refractivity contribution in [2.24, 2.45) is 5.10 Å². The number of amides is 1. The van der Waals surface area contributed by atoms with Gasteiger partial charge in [0.05, 0.1) is 28.4 Å². The molecule has 0 fully saturated rings. The first-order valence-corrected chi connectivity index (χ1v) is 11.4. The fraction of sp³-hybridized carbons (Fsp3) is 0.160.